The molecular weight excluding hydrogens is 263 g/mol. The Kier molecular flexibility index (Phi) is 3.47. The first-order valence-corrected chi connectivity index (χ1v) is 6.31. The second-order valence-corrected chi connectivity index (χ2v) is 5.08. The highest BCUT2D eigenvalue weighted by Gasteiger charge is 2.38. The van der Waals surface area contributed by atoms with Crippen LogP contribution in [0.25, 0.3) is 0 Å². The predicted octanol–water partition coefficient (Wildman–Crippen LogP) is 3.39. The Bertz CT molecular complexity index is 558. The van der Waals surface area contributed by atoms with Gasteiger partial charge in [-0.25, -0.2) is 4.99 Å². The molecule has 1 heterocycles. The molecule has 6 heteroatoms. The van der Waals surface area contributed by atoms with Crippen LogP contribution in [0.3, 0.4) is 0 Å². The second-order valence-electron chi connectivity index (χ2n) is 3.44. The van der Waals surface area contributed by atoms with Crippen LogP contribution in [0.15, 0.2) is 46.9 Å². The van der Waals surface area contributed by atoms with Crippen LogP contribution in [-0.2, 0) is 0 Å². The van der Waals surface area contributed by atoms with Crippen molar-refractivity contribution in [2.24, 2.45) is 4.99 Å². The summed E-state index contributed by atoms with van der Waals surface area (Å²) in [4.78, 5) is 15.0. The largest absolute Gasteiger partial charge is 0.439 e. The number of nitrogens with zero attached hydrogens (tertiary/aromatic N) is 1. The van der Waals surface area contributed by atoms with E-state index in [1.54, 1.807) is 30.3 Å². The zero-order valence-corrected chi connectivity index (χ0v) is 9.83. The number of benzene rings is 1. The Morgan fingerprint density at radius 1 is 1.22 bits per heavy atom. The van der Waals surface area contributed by atoms with E-state index in [9.17, 15) is 18.0 Å². The van der Waals surface area contributed by atoms with Gasteiger partial charge in [0.2, 0.25) is 0 Å². The van der Waals surface area contributed by atoms with Gasteiger partial charge >= 0.3 is 6.18 Å². The molecule has 1 atom stereocenters. The lowest BCUT2D eigenvalue weighted by molar-refractivity contribution is -0.0553. The van der Waals surface area contributed by atoms with Crippen LogP contribution in [0, 0.1) is 0 Å². The van der Waals surface area contributed by atoms with Gasteiger partial charge in [0.1, 0.15) is 0 Å². The smallest absolute Gasteiger partial charge is 0.289 e. The maximum Gasteiger partial charge on any atom is 0.439 e. The van der Waals surface area contributed by atoms with E-state index in [0.29, 0.717) is 5.56 Å². The van der Waals surface area contributed by atoms with E-state index in [4.69, 9.17) is 0 Å². The third-order valence-corrected chi connectivity index (χ3v) is 3.82. The van der Waals surface area contributed by atoms with Crippen LogP contribution >= 0.6 is 10.5 Å². The molecule has 1 aromatic rings. The number of halogens is 3. The minimum atomic E-state index is -4.50. The molecule has 1 unspecified atom stereocenters. The van der Waals surface area contributed by atoms with E-state index in [-0.39, 0.29) is 0 Å². The molecule has 1 aliphatic heterocycles. The molecule has 0 saturated heterocycles. The molecule has 0 aliphatic carbocycles. The molecule has 2 nitrogen and oxygen atoms in total. The van der Waals surface area contributed by atoms with Gasteiger partial charge in [-0.05, 0) is 5.41 Å². The quantitative estimate of drug-likeness (QED) is 0.599. The number of hydrogen-bond donors (Lipinski definition) is 0. The van der Waals surface area contributed by atoms with Crippen LogP contribution in [-0.4, -0.2) is 22.4 Å². The number of rotatable bonds is 2. The molecule has 0 aromatic heterocycles. The Balaban J connectivity index is 2.28. The molecule has 1 aromatic carbocycles. The normalized spacial score (nSPS) is 19.1. The summed E-state index contributed by atoms with van der Waals surface area (Å²) in [6, 6.07) is 8.18. The fourth-order valence-electron chi connectivity index (χ4n) is 1.38. The minimum Gasteiger partial charge on any atom is -0.289 e. The molecule has 0 amide bonds. The lowest BCUT2D eigenvalue weighted by Gasteiger charge is -2.07. The van der Waals surface area contributed by atoms with Gasteiger partial charge in [-0.15, -0.1) is 10.5 Å². The molecule has 0 radical (unpaired) electrons. The van der Waals surface area contributed by atoms with Crippen molar-refractivity contribution in [2.45, 2.75) is 6.18 Å². The van der Waals surface area contributed by atoms with Gasteiger partial charge in [-0.2, -0.15) is 13.2 Å². The van der Waals surface area contributed by atoms with Gasteiger partial charge in [0, 0.05) is 17.1 Å². The fourth-order valence-corrected chi connectivity index (χ4v) is 2.70. The summed E-state index contributed by atoms with van der Waals surface area (Å²) >= 11 is 0. The fraction of sp³-hybridized carbons (Fsp3) is 0.0833. The topological polar surface area (TPSA) is 29.4 Å². The standard InChI is InChI=1S/C12H8F3NOS/c13-12(14,15)11-16-6-7-18(11)8-10(17)9-4-2-1-3-5-9/h1-8H. The summed E-state index contributed by atoms with van der Waals surface area (Å²) in [5.74, 6) is -0.428. The zero-order valence-electron chi connectivity index (χ0n) is 9.02. The first kappa shape index (κ1) is 12.8. The molecule has 0 saturated carbocycles. The number of carbonyl (C=O) groups excluding carboxylic acids is 1. The third-order valence-electron chi connectivity index (χ3n) is 2.16. The summed E-state index contributed by atoms with van der Waals surface area (Å²) in [5, 5.41) is 1.42. The third kappa shape index (κ3) is 2.76. The molecule has 18 heavy (non-hydrogen) atoms. The number of Topliss-reactive ketones (excluding diaryl/α,β-unsaturated/α-hetero) is 1. The van der Waals surface area contributed by atoms with Gasteiger partial charge in [-0.3, -0.25) is 4.79 Å². The minimum absolute atomic E-state index is 0.367. The Labute approximate surface area is 104 Å². The molecule has 0 fully saturated rings. The summed E-state index contributed by atoms with van der Waals surface area (Å²) in [6.45, 7) is 0. The van der Waals surface area contributed by atoms with Crippen molar-refractivity contribution in [2.75, 3.05) is 0 Å². The molecule has 2 rings (SSSR count). The van der Waals surface area contributed by atoms with Crippen molar-refractivity contribution < 1.29 is 18.0 Å². The van der Waals surface area contributed by atoms with Gasteiger partial charge in [-0.1, -0.05) is 30.3 Å². The van der Waals surface area contributed by atoms with E-state index >= 15 is 0 Å². The predicted molar refractivity (Wildman–Crippen MR) is 67.1 cm³/mol. The van der Waals surface area contributed by atoms with Crippen molar-refractivity contribution in [3.05, 3.63) is 47.5 Å². The second kappa shape index (κ2) is 4.89. The van der Waals surface area contributed by atoms with Gasteiger partial charge < -0.3 is 0 Å². The maximum atomic E-state index is 12.6. The molecule has 0 spiro atoms. The number of hydrogen-bond acceptors (Lipinski definition) is 2. The van der Waals surface area contributed by atoms with E-state index in [1.165, 1.54) is 5.41 Å². The highest BCUT2D eigenvalue weighted by molar-refractivity contribution is 8.31. The summed E-state index contributed by atoms with van der Waals surface area (Å²) in [5.41, 5.74) is 0.367. The zero-order chi connectivity index (χ0) is 13.2. The van der Waals surface area contributed by atoms with Crippen LogP contribution < -0.4 is 0 Å². The Hall–Kier alpha value is -1.69. The van der Waals surface area contributed by atoms with Crippen molar-refractivity contribution in [1.29, 1.82) is 0 Å². The molecular formula is C12H8F3NOS. The Morgan fingerprint density at radius 2 is 1.89 bits per heavy atom. The maximum absolute atomic E-state index is 12.6. The van der Waals surface area contributed by atoms with Crippen molar-refractivity contribution in [3.63, 3.8) is 0 Å². The Morgan fingerprint density at radius 3 is 2.50 bits per heavy atom. The highest BCUT2D eigenvalue weighted by Crippen LogP contribution is 2.34. The summed E-state index contributed by atoms with van der Waals surface area (Å²) in [7, 11) is -1.40. The first-order valence-electron chi connectivity index (χ1n) is 4.96. The molecule has 0 N–H and O–H groups in total. The van der Waals surface area contributed by atoms with E-state index in [2.05, 4.69) is 4.99 Å². The average Bonchev–Trinajstić information content (AvgIpc) is 2.78. The first-order chi connectivity index (χ1) is 8.48. The van der Waals surface area contributed by atoms with Crippen LogP contribution in [0.5, 0.6) is 0 Å². The lowest BCUT2D eigenvalue weighted by Crippen LogP contribution is -2.20. The van der Waals surface area contributed by atoms with E-state index in [1.807, 2.05) is 0 Å². The average molecular weight is 271 g/mol. The lowest BCUT2D eigenvalue weighted by atomic mass is 10.2. The van der Waals surface area contributed by atoms with Crippen LogP contribution in [0.2, 0.25) is 0 Å². The SMILES string of the molecule is O=C(C=S1C=CN=C1C(F)(F)F)c1ccccc1. The number of aliphatic imine (C=N–C) groups is 1. The summed E-state index contributed by atoms with van der Waals surface area (Å²) in [6.07, 6.45) is -3.42. The molecule has 94 valence electrons. The van der Waals surface area contributed by atoms with E-state index < -0.39 is 27.5 Å². The summed E-state index contributed by atoms with van der Waals surface area (Å²) < 4.78 is 37.7. The van der Waals surface area contributed by atoms with Gasteiger partial charge in [0.05, 0.1) is 0 Å². The molecule has 1 aliphatic rings. The van der Waals surface area contributed by atoms with Crippen molar-refractivity contribution in [1.82, 2.24) is 0 Å². The van der Waals surface area contributed by atoms with Gasteiger partial charge in [0.25, 0.3) is 0 Å². The van der Waals surface area contributed by atoms with Crippen molar-refractivity contribution in [3.8, 4) is 0 Å². The highest BCUT2D eigenvalue weighted by atomic mass is 32.2. The van der Waals surface area contributed by atoms with Crippen LogP contribution in [0.4, 0.5) is 13.2 Å². The number of alkyl halides is 3. The monoisotopic (exact) mass is 271 g/mol. The van der Waals surface area contributed by atoms with E-state index in [0.717, 1.165) is 11.6 Å². The molecule has 0 bridgehead atoms. The van der Waals surface area contributed by atoms with Crippen molar-refractivity contribution >= 4 is 26.7 Å². The number of carbonyl (C=O) groups is 1. The number of ketones is 1. The van der Waals surface area contributed by atoms with Crippen LogP contribution in [0.1, 0.15) is 10.4 Å². The van der Waals surface area contributed by atoms with Gasteiger partial charge in [0.15, 0.2) is 10.8 Å².